The number of ether oxygens (including phenoxy) is 1. The normalized spacial score (nSPS) is 17.8. The second kappa shape index (κ2) is 8.79. The van der Waals surface area contributed by atoms with Crippen molar-refractivity contribution in [3.63, 3.8) is 0 Å². The third-order valence-corrected chi connectivity index (χ3v) is 6.25. The van der Waals surface area contributed by atoms with Crippen LogP contribution in [0.1, 0.15) is 42.5 Å². The minimum absolute atomic E-state index is 0.104. The van der Waals surface area contributed by atoms with Crippen molar-refractivity contribution in [1.82, 2.24) is 14.5 Å². The van der Waals surface area contributed by atoms with Crippen molar-refractivity contribution in [2.24, 2.45) is 0 Å². The third-order valence-electron chi connectivity index (χ3n) is 6.25. The quantitative estimate of drug-likeness (QED) is 0.374. The molecular formula is C25H27N3O7. The zero-order valence-corrected chi connectivity index (χ0v) is 20.0. The number of esters is 1. The van der Waals surface area contributed by atoms with Gasteiger partial charge in [-0.1, -0.05) is 6.92 Å². The summed E-state index contributed by atoms with van der Waals surface area (Å²) in [6.45, 7) is 3.49. The number of benzene rings is 1. The van der Waals surface area contributed by atoms with Gasteiger partial charge in [-0.25, -0.2) is 9.78 Å². The van der Waals surface area contributed by atoms with Gasteiger partial charge in [0.1, 0.15) is 12.4 Å². The number of aliphatic hydroxyl groups is 1. The molecule has 0 amide bonds. The summed E-state index contributed by atoms with van der Waals surface area (Å²) >= 11 is 0. The number of carbonyl (C=O) groups excluding carboxylic acids is 1. The number of nitrogens with zero attached hydrogens (tertiary/aromatic N) is 3. The number of rotatable bonds is 3. The van der Waals surface area contributed by atoms with Crippen molar-refractivity contribution in [2.75, 3.05) is 14.1 Å². The highest BCUT2D eigenvalue weighted by Crippen LogP contribution is 2.39. The van der Waals surface area contributed by atoms with Crippen LogP contribution in [0.2, 0.25) is 0 Å². The van der Waals surface area contributed by atoms with Gasteiger partial charge in [0.25, 0.3) is 11.5 Å². The van der Waals surface area contributed by atoms with E-state index < -0.39 is 17.5 Å². The van der Waals surface area contributed by atoms with Crippen LogP contribution in [0.25, 0.3) is 22.3 Å². The average Bonchev–Trinajstić information content (AvgIpc) is 3.15. The molecule has 0 spiro atoms. The van der Waals surface area contributed by atoms with Gasteiger partial charge in [-0.2, -0.15) is 0 Å². The zero-order chi connectivity index (χ0) is 25.7. The maximum Gasteiger partial charge on any atom is 0.343 e. The second-order valence-electron chi connectivity index (χ2n) is 8.99. The molecule has 0 unspecified atom stereocenters. The Labute approximate surface area is 201 Å². The van der Waals surface area contributed by atoms with Crippen molar-refractivity contribution in [2.45, 2.75) is 45.6 Å². The molecular weight excluding hydrogens is 454 g/mol. The molecule has 2 aliphatic heterocycles. The maximum absolute atomic E-state index is 13.2. The van der Waals surface area contributed by atoms with Crippen LogP contribution in [0.5, 0.6) is 5.75 Å². The third kappa shape index (κ3) is 4.04. The lowest BCUT2D eigenvalue weighted by atomic mass is 9.86. The number of aromatic nitrogens is 2. The second-order valence-corrected chi connectivity index (χ2v) is 8.99. The van der Waals surface area contributed by atoms with Gasteiger partial charge < -0.3 is 29.5 Å². The summed E-state index contributed by atoms with van der Waals surface area (Å²) in [5.74, 6) is -1.37. The molecule has 2 aliphatic rings. The fraction of sp³-hybridized carbons (Fsp3) is 0.360. The largest absolute Gasteiger partial charge is 0.508 e. The molecule has 3 aromatic rings. The number of cyclic esters (lactones) is 1. The van der Waals surface area contributed by atoms with Gasteiger partial charge in [0, 0.05) is 35.5 Å². The molecule has 35 heavy (non-hydrogen) atoms. The van der Waals surface area contributed by atoms with Gasteiger partial charge in [-0.3, -0.25) is 9.59 Å². The molecule has 0 saturated heterocycles. The van der Waals surface area contributed by atoms with E-state index in [9.17, 15) is 19.8 Å². The Morgan fingerprint density at radius 1 is 1.26 bits per heavy atom. The lowest BCUT2D eigenvalue weighted by molar-refractivity contribution is -0.172. The number of aromatic hydroxyl groups is 1. The van der Waals surface area contributed by atoms with Crippen molar-refractivity contribution >= 4 is 22.8 Å². The summed E-state index contributed by atoms with van der Waals surface area (Å²) in [5.41, 5.74) is 2.03. The first-order chi connectivity index (χ1) is 16.5. The molecule has 4 heterocycles. The fourth-order valence-corrected chi connectivity index (χ4v) is 4.58. The molecule has 0 radical (unpaired) electrons. The number of phenols is 1. The Morgan fingerprint density at radius 2 is 1.94 bits per heavy atom. The van der Waals surface area contributed by atoms with E-state index in [2.05, 4.69) is 0 Å². The van der Waals surface area contributed by atoms with Crippen LogP contribution >= 0.6 is 0 Å². The standard InChI is InChI=1S/C23H23N3O5.C2H4O2/c1-4-23(30)16-8-18-20-12(9-26(18)21(28)15(16)11-31-22(23)29)7-13-14(10-25(2)3)19(27)6-5-17(13)24-20;1-2(3)4/h5-8,27,30H,4,9-11H2,1-3H3;1H3,(H,3,4)/t23-;/m0./s1. The Morgan fingerprint density at radius 3 is 2.57 bits per heavy atom. The van der Waals surface area contributed by atoms with Gasteiger partial charge in [0.2, 0.25) is 0 Å². The summed E-state index contributed by atoms with van der Waals surface area (Å²) in [4.78, 5) is 41.3. The molecule has 2 aromatic heterocycles. The number of hydrogen-bond acceptors (Lipinski definition) is 8. The molecule has 3 N–H and O–H groups in total. The topological polar surface area (TPSA) is 142 Å². The predicted molar refractivity (Wildman–Crippen MR) is 127 cm³/mol. The highest BCUT2D eigenvalue weighted by atomic mass is 16.6. The molecule has 0 bridgehead atoms. The van der Waals surface area contributed by atoms with Crippen molar-refractivity contribution in [3.8, 4) is 17.1 Å². The average molecular weight is 482 g/mol. The number of aliphatic carboxylic acids is 1. The van der Waals surface area contributed by atoms with Crippen LogP contribution in [0.4, 0.5) is 0 Å². The molecule has 0 fully saturated rings. The number of hydrogen-bond donors (Lipinski definition) is 3. The molecule has 0 aliphatic carbocycles. The molecule has 5 rings (SSSR count). The minimum atomic E-state index is -1.84. The smallest absolute Gasteiger partial charge is 0.343 e. The minimum Gasteiger partial charge on any atom is -0.508 e. The van der Waals surface area contributed by atoms with Crippen molar-refractivity contribution in [3.05, 3.63) is 56.9 Å². The number of pyridine rings is 2. The number of carboxylic acid groups (broad SMARTS) is 1. The number of phenolic OH excluding ortho intramolecular Hbond substituents is 1. The molecule has 184 valence electrons. The van der Waals surface area contributed by atoms with Gasteiger partial charge in [-0.05, 0) is 44.8 Å². The maximum atomic E-state index is 13.2. The summed E-state index contributed by atoms with van der Waals surface area (Å²) in [6.07, 6.45) is 0.104. The Hall–Kier alpha value is -3.76. The van der Waals surface area contributed by atoms with Crippen molar-refractivity contribution in [1.29, 1.82) is 0 Å². The number of carboxylic acids is 1. The lowest BCUT2D eigenvalue weighted by Crippen LogP contribution is -2.44. The Bertz CT molecular complexity index is 1420. The predicted octanol–water partition coefficient (Wildman–Crippen LogP) is 1.94. The molecule has 10 heteroatoms. The lowest BCUT2D eigenvalue weighted by Gasteiger charge is -2.31. The molecule has 10 nitrogen and oxygen atoms in total. The van der Waals surface area contributed by atoms with Crippen LogP contribution in [-0.2, 0) is 39.6 Å². The van der Waals surface area contributed by atoms with Gasteiger partial charge in [-0.15, -0.1) is 0 Å². The fourth-order valence-electron chi connectivity index (χ4n) is 4.58. The van der Waals surface area contributed by atoms with Crippen LogP contribution < -0.4 is 5.56 Å². The first-order valence-corrected chi connectivity index (χ1v) is 11.1. The molecule has 1 aromatic carbocycles. The van der Waals surface area contributed by atoms with Crippen LogP contribution in [0.15, 0.2) is 29.1 Å². The summed E-state index contributed by atoms with van der Waals surface area (Å²) < 4.78 is 6.71. The molecule has 0 saturated carbocycles. The van der Waals surface area contributed by atoms with E-state index in [1.807, 2.05) is 25.1 Å². The van der Waals surface area contributed by atoms with E-state index in [4.69, 9.17) is 19.6 Å². The zero-order valence-electron chi connectivity index (χ0n) is 20.0. The van der Waals surface area contributed by atoms with Crippen LogP contribution in [-0.4, -0.2) is 55.8 Å². The van der Waals surface area contributed by atoms with E-state index in [0.29, 0.717) is 41.1 Å². The monoisotopic (exact) mass is 481 g/mol. The highest BCUT2D eigenvalue weighted by molar-refractivity contribution is 5.89. The SMILES string of the molecule is CC(=O)O.CC[C@@]1(O)C(=O)OCc2c1cc1n(c2=O)Cc2cc3c(CN(C)C)c(O)ccc3nc2-1. The summed E-state index contributed by atoms with van der Waals surface area (Å²) in [7, 11) is 3.86. The Balaban J connectivity index is 0.000000672. The first-order valence-electron chi connectivity index (χ1n) is 11.1. The Kier molecular flexibility index (Phi) is 6.12. The number of fused-ring (bicyclic) bond motifs is 5. The highest BCUT2D eigenvalue weighted by Gasteiger charge is 2.45. The van der Waals surface area contributed by atoms with Crippen LogP contribution in [0, 0.1) is 0 Å². The van der Waals surface area contributed by atoms with Crippen molar-refractivity contribution < 1.29 is 29.6 Å². The van der Waals surface area contributed by atoms with E-state index in [1.165, 1.54) is 0 Å². The van der Waals surface area contributed by atoms with E-state index in [0.717, 1.165) is 23.4 Å². The van der Waals surface area contributed by atoms with Crippen LogP contribution in [0.3, 0.4) is 0 Å². The van der Waals surface area contributed by atoms with E-state index >= 15 is 0 Å². The first kappa shape index (κ1) is 24.4. The van der Waals surface area contributed by atoms with E-state index in [-0.39, 0.29) is 24.3 Å². The molecule has 1 atom stereocenters. The van der Waals surface area contributed by atoms with Gasteiger partial charge in [0.15, 0.2) is 5.60 Å². The van der Waals surface area contributed by atoms with Gasteiger partial charge >= 0.3 is 5.97 Å². The van der Waals surface area contributed by atoms with E-state index in [1.54, 1.807) is 29.7 Å². The van der Waals surface area contributed by atoms with Gasteiger partial charge in [0.05, 0.1) is 29.0 Å². The summed E-state index contributed by atoms with van der Waals surface area (Å²) in [5, 5.41) is 29.6. The summed E-state index contributed by atoms with van der Waals surface area (Å²) in [6, 6.07) is 7.05. The number of carbonyl (C=O) groups is 2.